The maximum absolute atomic E-state index is 14.7. The van der Waals surface area contributed by atoms with Gasteiger partial charge in [0.25, 0.3) is 10.1 Å². The van der Waals surface area contributed by atoms with Crippen molar-refractivity contribution in [2.75, 3.05) is 41.5 Å². The quantitative estimate of drug-likeness (QED) is 0.696. The standard InChI is InChI=1S/C16H19FN2O5S2/c1-26(21,22)23-8-12-6-19(16(20)24-12)10-2-3-15(14(17)5-10)18-7-13-4-11(18)9-25-13/h2-3,5,11-13H,4,6-9H2,1H3/t11-,12+,13-/m0/s1. The van der Waals surface area contributed by atoms with Crippen molar-refractivity contribution in [3.8, 4) is 0 Å². The Balaban J connectivity index is 1.46. The third kappa shape index (κ3) is 3.49. The molecule has 7 nitrogen and oxygen atoms in total. The highest BCUT2D eigenvalue weighted by molar-refractivity contribution is 8.00. The predicted molar refractivity (Wildman–Crippen MR) is 96.8 cm³/mol. The van der Waals surface area contributed by atoms with E-state index in [-0.39, 0.29) is 19.0 Å². The largest absolute Gasteiger partial charge is 0.441 e. The van der Waals surface area contributed by atoms with Crippen LogP contribution in [-0.4, -0.2) is 63.6 Å². The summed E-state index contributed by atoms with van der Waals surface area (Å²) in [7, 11) is -3.61. The number of thioether (sulfide) groups is 1. The molecule has 0 aliphatic carbocycles. The molecule has 1 aromatic rings. The molecule has 0 radical (unpaired) electrons. The van der Waals surface area contributed by atoms with Gasteiger partial charge in [-0.3, -0.25) is 9.08 Å². The van der Waals surface area contributed by atoms with Crippen LogP contribution in [0, 0.1) is 5.82 Å². The zero-order chi connectivity index (χ0) is 18.5. The van der Waals surface area contributed by atoms with Crippen LogP contribution in [0.2, 0.25) is 0 Å². The van der Waals surface area contributed by atoms with E-state index in [1.54, 1.807) is 12.1 Å². The first-order valence-corrected chi connectivity index (χ1v) is 11.2. The molecule has 3 aliphatic heterocycles. The first kappa shape index (κ1) is 17.9. The molecule has 3 saturated heterocycles. The van der Waals surface area contributed by atoms with Crippen LogP contribution in [0.5, 0.6) is 0 Å². The fourth-order valence-electron chi connectivity index (χ4n) is 3.61. The topological polar surface area (TPSA) is 76.2 Å². The molecule has 26 heavy (non-hydrogen) atoms. The Morgan fingerprint density at radius 2 is 2.19 bits per heavy atom. The molecule has 10 heteroatoms. The molecule has 1 aromatic carbocycles. The van der Waals surface area contributed by atoms with Crippen molar-refractivity contribution in [1.82, 2.24) is 0 Å². The Hall–Kier alpha value is -1.52. The zero-order valence-electron chi connectivity index (χ0n) is 14.1. The van der Waals surface area contributed by atoms with Gasteiger partial charge in [-0.05, 0) is 24.6 Å². The Kier molecular flexibility index (Phi) is 4.52. The highest BCUT2D eigenvalue weighted by Gasteiger charge is 2.40. The van der Waals surface area contributed by atoms with Crippen LogP contribution in [0.25, 0.3) is 0 Å². The van der Waals surface area contributed by atoms with Crippen LogP contribution in [-0.2, 0) is 19.0 Å². The lowest BCUT2D eigenvalue weighted by molar-refractivity contribution is 0.107. The number of carbonyl (C=O) groups is 1. The fourth-order valence-corrected chi connectivity index (χ4v) is 5.44. The Labute approximate surface area is 155 Å². The van der Waals surface area contributed by atoms with Crippen LogP contribution >= 0.6 is 11.8 Å². The number of fused-ring (bicyclic) bond motifs is 2. The van der Waals surface area contributed by atoms with Gasteiger partial charge < -0.3 is 9.64 Å². The third-order valence-electron chi connectivity index (χ3n) is 4.79. The molecule has 3 aliphatic rings. The minimum absolute atomic E-state index is 0.109. The Morgan fingerprint density at radius 3 is 2.81 bits per heavy atom. The van der Waals surface area contributed by atoms with Crippen LogP contribution in [0.3, 0.4) is 0 Å². The number of carbonyl (C=O) groups excluding carboxylic acids is 1. The summed E-state index contributed by atoms with van der Waals surface area (Å²) < 4.78 is 46.5. The van der Waals surface area contributed by atoms with Gasteiger partial charge in [-0.1, -0.05) is 0 Å². The van der Waals surface area contributed by atoms with E-state index in [0.29, 0.717) is 22.7 Å². The molecule has 3 atom stereocenters. The molecular weight excluding hydrogens is 383 g/mol. The van der Waals surface area contributed by atoms with Crippen molar-refractivity contribution >= 4 is 39.3 Å². The molecule has 0 unspecified atom stereocenters. The summed E-state index contributed by atoms with van der Waals surface area (Å²) in [6, 6.07) is 5.09. The van der Waals surface area contributed by atoms with E-state index in [9.17, 15) is 17.6 Å². The molecule has 0 saturated carbocycles. The number of rotatable bonds is 5. The van der Waals surface area contributed by atoms with Gasteiger partial charge in [0.05, 0.1) is 24.2 Å². The molecule has 1 amide bonds. The monoisotopic (exact) mass is 402 g/mol. The van der Waals surface area contributed by atoms with Gasteiger partial charge in [-0.2, -0.15) is 20.2 Å². The lowest BCUT2D eigenvalue weighted by Crippen LogP contribution is -2.34. The summed E-state index contributed by atoms with van der Waals surface area (Å²) in [5.74, 6) is 0.649. The smallest absolute Gasteiger partial charge is 0.414 e. The second kappa shape index (κ2) is 6.58. The number of hydrogen-bond acceptors (Lipinski definition) is 7. The highest BCUT2D eigenvalue weighted by Crippen LogP contribution is 2.41. The summed E-state index contributed by atoms with van der Waals surface area (Å²) in [5, 5.41) is 0.572. The Morgan fingerprint density at radius 1 is 1.38 bits per heavy atom. The molecular formula is C16H19FN2O5S2. The summed E-state index contributed by atoms with van der Waals surface area (Å²) in [6.45, 7) is 0.705. The number of nitrogens with zero attached hydrogens (tertiary/aromatic N) is 2. The van der Waals surface area contributed by atoms with Crippen LogP contribution in [0.1, 0.15) is 6.42 Å². The molecule has 0 N–H and O–H groups in total. The number of halogens is 1. The van der Waals surface area contributed by atoms with Crippen molar-refractivity contribution in [1.29, 1.82) is 0 Å². The maximum Gasteiger partial charge on any atom is 0.414 e. The van der Waals surface area contributed by atoms with Crippen LogP contribution in [0.4, 0.5) is 20.6 Å². The fraction of sp³-hybridized carbons (Fsp3) is 0.562. The van der Waals surface area contributed by atoms with Gasteiger partial charge in [0.2, 0.25) is 0 Å². The van der Waals surface area contributed by atoms with E-state index < -0.39 is 22.3 Å². The van der Waals surface area contributed by atoms with E-state index in [0.717, 1.165) is 25.0 Å². The van der Waals surface area contributed by atoms with E-state index in [2.05, 4.69) is 9.08 Å². The number of amides is 1. The molecule has 4 rings (SSSR count). The number of anilines is 2. The first-order chi connectivity index (χ1) is 12.3. The van der Waals surface area contributed by atoms with Crippen molar-refractivity contribution in [2.45, 2.75) is 23.8 Å². The second-order valence-electron chi connectivity index (χ2n) is 6.74. The van der Waals surface area contributed by atoms with Crippen molar-refractivity contribution in [2.24, 2.45) is 0 Å². The lowest BCUT2D eigenvalue weighted by Gasteiger charge is -2.29. The number of ether oxygens (including phenoxy) is 1. The maximum atomic E-state index is 14.7. The normalized spacial score (nSPS) is 28.1. The minimum Gasteiger partial charge on any atom is -0.441 e. The van der Waals surface area contributed by atoms with Crippen molar-refractivity contribution < 1.29 is 26.5 Å². The van der Waals surface area contributed by atoms with Gasteiger partial charge in [0.1, 0.15) is 18.5 Å². The second-order valence-corrected chi connectivity index (χ2v) is 9.72. The van der Waals surface area contributed by atoms with Gasteiger partial charge >= 0.3 is 6.09 Å². The minimum atomic E-state index is -3.61. The van der Waals surface area contributed by atoms with E-state index in [1.807, 2.05) is 11.8 Å². The van der Waals surface area contributed by atoms with Crippen LogP contribution < -0.4 is 9.80 Å². The number of cyclic esters (lactones) is 1. The van der Waals surface area contributed by atoms with E-state index >= 15 is 0 Å². The van der Waals surface area contributed by atoms with Crippen molar-refractivity contribution in [3.05, 3.63) is 24.0 Å². The van der Waals surface area contributed by atoms with Crippen molar-refractivity contribution in [3.63, 3.8) is 0 Å². The molecule has 0 spiro atoms. The molecule has 2 bridgehead atoms. The average molecular weight is 402 g/mol. The van der Waals surface area contributed by atoms with Gasteiger partial charge in [0.15, 0.2) is 0 Å². The van der Waals surface area contributed by atoms with Crippen LogP contribution in [0.15, 0.2) is 18.2 Å². The summed E-state index contributed by atoms with van der Waals surface area (Å²) >= 11 is 1.94. The summed E-state index contributed by atoms with van der Waals surface area (Å²) in [4.78, 5) is 15.4. The van der Waals surface area contributed by atoms with Gasteiger partial charge in [0, 0.05) is 23.6 Å². The average Bonchev–Trinajstić information content (AvgIpc) is 3.27. The lowest BCUT2D eigenvalue weighted by atomic mass is 10.2. The summed E-state index contributed by atoms with van der Waals surface area (Å²) in [6.07, 6.45) is 0.660. The number of benzene rings is 1. The Bertz CT molecular complexity index is 834. The number of hydrogen-bond donors (Lipinski definition) is 0. The summed E-state index contributed by atoms with van der Waals surface area (Å²) in [5.41, 5.74) is 0.947. The van der Waals surface area contributed by atoms with E-state index in [1.165, 1.54) is 11.0 Å². The third-order valence-corrected chi connectivity index (χ3v) is 6.75. The highest BCUT2D eigenvalue weighted by atomic mass is 32.2. The SMILES string of the molecule is CS(=O)(=O)OC[C@H]1CN(c2ccc(N3C[C@@H]4C[C@H]3CS4)c(F)c2)C(=O)O1. The van der Waals surface area contributed by atoms with Gasteiger partial charge in [-0.25, -0.2) is 9.18 Å². The predicted octanol–water partition coefficient (Wildman–Crippen LogP) is 1.82. The van der Waals surface area contributed by atoms with Gasteiger partial charge in [-0.15, -0.1) is 0 Å². The van der Waals surface area contributed by atoms with E-state index in [4.69, 9.17) is 4.74 Å². The molecule has 3 heterocycles. The molecule has 3 fully saturated rings. The zero-order valence-corrected chi connectivity index (χ0v) is 15.8. The first-order valence-electron chi connectivity index (χ1n) is 8.30. The molecule has 0 aromatic heterocycles. The molecule has 142 valence electrons.